The van der Waals surface area contributed by atoms with E-state index in [9.17, 15) is 19.4 Å². The summed E-state index contributed by atoms with van der Waals surface area (Å²) in [5.74, 6) is -0.771. The van der Waals surface area contributed by atoms with Gasteiger partial charge >= 0.3 is 5.97 Å². The minimum absolute atomic E-state index is 0.0272. The summed E-state index contributed by atoms with van der Waals surface area (Å²) in [4.78, 5) is 11.5. The molecule has 2 aromatic heterocycles. The van der Waals surface area contributed by atoms with Crippen LogP contribution in [0.1, 0.15) is 50.4 Å². The maximum atomic E-state index is 13.5. The molecule has 2 heterocycles. The van der Waals surface area contributed by atoms with E-state index in [1.54, 1.807) is 25.1 Å². The number of esters is 1. The topological polar surface area (TPSA) is 71.2 Å². The lowest BCUT2D eigenvalue weighted by atomic mass is 9.79. The SMILES string of the molecule is CCOC(=O)CC(O)CC(O)C=Cc1cc2ccccn2c1C(C)(C)c1ccc(F)cc1. The number of carbonyl (C=O) groups is 1. The number of halogens is 1. The molecule has 1 aromatic carbocycles. The van der Waals surface area contributed by atoms with Gasteiger partial charge in [0.25, 0.3) is 0 Å². The molecule has 0 saturated carbocycles. The van der Waals surface area contributed by atoms with Crippen molar-refractivity contribution in [2.75, 3.05) is 6.61 Å². The van der Waals surface area contributed by atoms with Gasteiger partial charge < -0.3 is 19.4 Å². The number of hydrogen-bond acceptors (Lipinski definition) is 4. The van der Waals surface area contributed by atoms with Crippen LogP contribution in [0.25, 0.3) is 11.6 Å². The molecule has 0 bridgehead atoms. The van der Waals surface area contributed by atoms with Gasteiger partial charge in [-0.05, 0) is 48.4 Å². The van der Waals surface area contributed by atoms with Crippen molar-refractivity contribution in [3.05, 3.63) is 83.4 Å². The number of carbonyl (C=O) groups excluding carboxylic acids is 1. The van der Waals surface area contributed by atoms with Crippen LogP contribution < -0.4 is 0 Å². The fraction of sp³-hybridized carbons (Fsp3) is 0.346. The predicted molar refractivity (Wildman–Crippen MR) is 123 cm³/mol. The molecule has 0 saturated heterocycles. The van der Waals surface area contributed by atoms with E-state index in [1.807, 2.05) is 36.5 Å². The Morgan fingerprint density at radius 2 is 1.91 bits per heavy atom. The van der Waals surface area contributed by atoms with Gasteiger partial charge in [0.05, 0.1) is 25.2 Å². The van der Waals surface area contributed by atoms with E-state index in [-0.39, 0.29) is 25.3 Å². The highest BCUT2D eigenvalue weighted by Crippen LogP contribution is 2.36. The first-order valence-corrected chi connectivity index (χ1v) is 10.8. The average molecular weight is 440 g/mol. The number of rotatable bonds is 9. The molecule has 0 aliphatic carbocycles. The molecule has 170 valence electrons. The summed E-state index contributed by atoms with van der Waals surface area (Å²) in [6.07, 6.45) is 3.38. The molecular formula is C26H30FNO4. The summed E-state index contributed by atoms with van der Waals surface area (Å²) in [6.45, 7) is 6.11. The Hall–Kier alpha value is -2.96. The Morgan fingerprint density at radius 1 is 1.19 bits per heavy atom. The van der Waals surface area contributed by atoms with Crippen molar-refractivity contribution in [3.8, 4) is 0 Å². The van der Waals surface area contributed by atoms with Crippen LogP contribution in [0.3, 0.4) is 0 Å². The molecule has 3 rings (SSSR count). The van der Waals surface area contributed by atoms with E-state index in [0.29, 0.717) is 0 Å². The van der Waals surface area contributed by atoms with Crippen molar-refractivity contribution >= 4 is 17.6 Å². The zero-order chi connectivity index (χ0) is 23.3. The second kappa shape index (κ2) is 10.1. The largest absolute Gasteiger partial charge is 0.466 e. The number of fused-ring (bicyclic) bond motifs is 1. The second-order valence-corrected chi connectivity index (χ2v) is 8.40. The molecule has 0 spiro atoms. The Kier molecular flexibility index (Phi) is 7.48. The first-order valence-electron chi connectivity index (χ1n) is 10.8. The van der Waals surface area contributed by atoms with Crippen molar-refractivity contribution in [1.29, 1.82) is 0 Å². The standard InChI is InChI=1S/C26H30FNO4/c1-4-32-24(31)17-23(30)16-22(29)13-8-18-15-21-7-5-6-14-28(21)25(18)26(2,3)19-9-11-20(27)12-10-19/h5-15,22-23,29-30H,4,16-17H2,1-3H3. The smallest absolute Gasteiger partial charge is 0.308 e. The molecule has 0 aliphatic heterocycles. The molecule has 0 radical (unpaired) electrons. The zero-order valence-electron chi connectivity index (χ0n) is 18.7. The minimum atomic E-state index is -0.989. The second-order valence-electron chi connectivity index (χ2n) is 8.40. The number of hydrogen-bond donors (Lipinski definition) is 2. The van der Waals surface area contributed by atoms with Crippen LogP contribution in [-0.4, -0.2) is 39.4 Å². The number of aliphatic hydroxyl groups is 2. The quantitative estimate of drug-likeness (QED) is 0.482. The van der Waals surface area contributed by atoms with E-state index >= 15 is 0 Å². The predicted octanol–water partition coefficient (Wildman–Crippen LogP) is 4.48. The van der Waals surface area contributed by atoms with Gasteiger partial charge in [-0.2, -0.15) is 0 Å². The summed E-state index contributed by atoms with van der Waals surface area (Å²) >= 11 is 0. The number of aliphatic hydroxyl groups excluding tert-OH is 2. The lowest BCUT2D eigenvalue weighted by molar-refractivity contribution is -0.145. The van der Waals surface area contributed by atoms with Crippen molar-refractivity contribution in [3.63, 3.8) is 0 Å². The van der Waals surface area contributed by atoms with E-state index in [0.717, 1.165) is 22.3 Å². The molecular weight excluding hydrogens is 409 g/mol. The van der Waals surface area contributed by atoms with Crippen LogP contribution in [0.4, 0.5) is 4.39 Å². The van der Waals surface area contributed by atoms with Gasteiger partial charge in [0.1, 0.15) is 5.82 Å². The Labute approximate surface area is 187 Å². The third kappa shape index (κ3) is 5.44. The third-order valence-electron chi connectivity index (χ3n) is 5.59. The first-order chi connectivity index (χ1) is 15.2. The van der Waals surface area contributed by atoms with Gasteiger partial charge in [-0.25, -0.2) is 4.39 Å². The summed E-state index contributed by atoms with van der Waals surface area (Å²) in [5, 5.41) is 20.4. The zero-order valence-corrected chi connectivity index (χ0v) is 18.7. The summed E-state index contributed by atoms with van der Waals surface area (Å²) < 4.78 is 20.4. The van der Waals surface area contributed by atoms with Gasteiger partial charge in [0.15, 0.2) is 0 Å². The van der Waals surface area contributed by atoms with Crippen molar-refractivity contribution in [1.82, 2.24) is 4.40 Å². The third-order valence-corrected chi connectivity index (χ3v) is 5.59. The van der Waals surface area contributed by atoms with Crippen molar-refractivity contribution in [2.24, 2.45) is 0 Å². The van der Waals surface area contributed by atoms with E-state index in [1.165, 1.54) is 12.1 Å². The fourth-order valence-electron chi connectivity index (χ4n) is 4.00. The molecule has 2 unspecified atom stereocenters. The van der Waals surface area contributed by atoms with Crippen LogP contribution in [-0.2, 0) is 14.9 Å². The average Bonchev–Trinajstić information content (AvgIpc) is 3.12. The lowest BCUT2D eigenvalue weighted by Crippen LogP contribution is -2.22. The summed E-state index contributed by atoms with van der Waals surface area (Å²) in [5.41, 5.74) is 3.41. The van der Waals surface area contributed by atoms with Crippen LogP contribution in [0.2, 0.25) is 0 Å². The molecule has 3 aromatic rings. The van der Waals surface area contributed by atoms with E-state index in [2.05, 4.69) is 18.2 Å². The first kappa shape index (κ1) is 23.7. The maximum absolute atomic E-state index is 13.5. The summed E-state index contributed by atoms with van der Waals surface area (Å²) in [6, 6.07) is 14.4. The van der Waals surface area contributed by atoms with E-state index in [4.69, 9.17) is 4.74 Å². The highest BCUT2D eigenvalue weighted by atomic mass is 19.1. The Bertz CT molecular complexity index is 1080. The Balaban J connectivity index is 1.89. The molecule has 2 atom stereocenters. The molecule has 2 N–H and O–H groups in total. The highest BCUT2D eigenvalue weighted by molar-refractivity contribution is 5.70. The van der Waals surface area contributed by atoms with Gasteiger partial charge in [0.2, 0.25) is 0 Å². The lowest BCUT2D eigenvalue weighted by Gasteiger charge is -2.27. The Morgan fingerprint density at radius 3 is 2.59 bits per heavy atom. The van der Waals surface area contributed by atoms with Crippen LogP contribution >= 0.6 is 0 Å². The van der Waals surface area contributed by atoms with Crippen molar-refractivity contribution in [2.45, 2.75) is 51.2 Å². The minimum Gasteiger partial charge on any atom is -0.466 e. The number of pyridine rings is 1. The van der Waals surface area contributed by atoms with Gasteiger partial charge in [-0.3, -0.25) is 4.79 Å². The molecule has 0 aliphatic rings. The van der Waals surface area contributed by atoms with Crippen molar-refractivity contribution < 1.29 is 24.1 Å². The highest BCUT2D eigenvalue weighted by Gasteiger charge is 2.29. The van der Waals surface area contributed by atoms with Gasteiger partial charge in [0, 0.05) is 29.2 Å². The normalized spacial score (nSPS) is 14.1. The molecule has 0 fully saturated rings. The van der Waals surface area contributed by atoms with Crippen LogP contribution in [0.15, 0.2) is 60.8 Å². The molecule has 32 heavy (non-hydrogen) atoms. The van der Waals surface area contributed by atoms with Gasteiger partial charge in [-0.1, -0.05) is 44.2 Å². The van der Waals surface area contributed by atoms with Gasteiger partial charge in [-0.15, -0.1) is 0 Å². The molecule has 0 amide bonds. The number of benzene rings is 1. The number of aromatic nitrogens is 1. The maximum Gasteiger partial charge on any atom is 0.308 e. The van der Waals surface area contributed by atoms with E-state index < -0.39 is 23.6 Å². The number of ether oxygens (including phenoxy) is 1. The molecule has 5 nitrogen and oxygen atoms in total. The fourth-order valence-corrected chi connectivity index (χ4v) is 4.00. The molecule has 6 heteroatoms. The number of nitrogens with zero attached hydrogens (tertiary/aromatic N) is 1. The monoisotopic (exact) mass is 439 g/mol. The summed E-state index contributed by atoms with van der Waals surface area (Å²) in [7, 11) is 0. The van der Waals surface area contributed by atoms with Crippen LogP contribution in [0.5, 0.6) is 0 Å². The van der Waals surface area contributed by atoms with Crippen LogP contribution in [0, 0.1) is 5.82 Å².